The summed E-state index contributed by atoms with van der Waals surface area (Å²) in [5.74, 6) is 0. The van der Waals surface area contributed by atoms with Crippen molar-refractivity contribution in [3.8, 4) is 0 Å². The molecule has 0 unspecified atom stereocenters. The molecule has 7 heteroatoms. The second-order valence-corrected chi connectivity index (χ2v) is 19.8. The third-order valence-corrected chi connectivity index (χ3v) is 15.9. The van der Waals surface area contributed by atoms with Gasteiger partial charge in [-0.05, 0) is 137 Å². The largest absolute Gasteiger partial charge is 0.312 e. The Morgan fingerprint density at radius 1 is 0.257 bits per heavy atom. The van der Waals surface area contributed by atoms with Gasteiger partial charge in [-0.2, -0.15) is 0 Å². The van der Waals surface area contributed by atoms with Crippen LogP contribution in [0, 0.1) is 20.8 Å². The molecule has 4 nitrogen and oxygen atoms in total. The van der Waals surface area contributed by atoms with Crippen LogP contribution in [0.5, 0.6) is 0 Å². The minimum absolute atomic E-state index is 0.00745. The molecule has 0 atom stereocenters. The van der Waals surface area contributed by atoms with Crippen molar-refractivity contribution < 1.29 is 0 Å². The molecule has 0 bridgehead atoms. The number of hydrogen-bond acceptors (Lipinski definition) is 4. The molecule has 0 fully saturated rings. The smallest absolute Gasteiger partial charge is 0.252 e. The first kappa shape index (κ1) is 39.6. The Bertz CT molecular complexity index is 3790. The fourth-order valence-electron chi connectivity index (χ4n) is 13.5. The van der Waals surface area contributed by atoms with Gasteiger partial charge in [-0.3, -0.25) is 0 Å². The molecule has 0 N–H and O–H groups in total. The lowest BCUT2D eigenvalue weighted by Crippen LogP contribution is -2.69. The van der Waals surface area contributed by atoms with Gasteiger partial charge >= 0.3 is 0 Å². The van der Waals surface area contributed by atoms with Crippen LogP contribution in [0.25, 0.3) is 0 Å². The van der Waals surface area contributed by atoms with Gasteiger partial charge in [0.1, 0.15) is 0 Å². The summed E-state index contributed by atoms with van der Waals surface area (Å²) in [7, 11) is 0. The topological polar surface area (TPSA) is 13.0 Å². The van der Waals surface area contributed by atoms with Crippen molar-refractivity contribution in [3.05, 3.63) is 235 Å². The van der Waals surface area contributed by atoms with Crippen molar-refractivity contribution >= 4 is 138 Å². The number of benzene rings is 10. The summed E-state index contributed by atoms with van der Waals surface area (Å²) in [4.78, 5) is 10.3. The van der Waals surface area contributed by atoms with Crippen LogP contribution in [0.15, 0.2) is 218 Å². The molecule has 0 saturated heterocycles. The lowest BCUT2D eigenvalue weighted by Gasteiger charge is -2.51. The highest BCUT2D eigenvalue weighted by molar-refractivity contribution is 7.05. The van der Waals surface area contributed by atoms with Crippen molar-refractivity contribution in [1.82, 2.24) is 0 Å². The second kappa shape index (κ2) is 14.8. The van der Waals surface area contributed by atoms with Crippen molar-refractivity contribution in [2.45, 2.75) is 20.8 Å². The Kier molecular flexibility index (Phi) is 8.37. The molecule has 0 radical (unpaired) electrons. The van der Waals surface area contributed by atoms with E-state index in [-0.39, 0.29) is 20.1 Å². The normalized spacial score (nSPS) is 14.0. The van der Waals surface area contributed by atoms with E-state index in [9.17, 15) is 0 Å². The second-order valence-electron chi connectivity index (χ2n) is 19.8. The summed E-state index contributed by atoms with van der Waals surface area (Å²) in [6.45, 7) is 6.85. The standard InChI is InChI=1S/C63H45B3N4/c1-40-35-41(2)60(42(3)36-40)65-47-28-14-17-31-52(47)67(43-21-7-4-8-22-43)56-38-57-51(37-50(56)65)66-49-30-16-20-34-55(49)70-54-33-19-15-29-48(54)64-46-27-13-18-32-53(46)68(44-23-9-5-10-24-44)58-39-59(62(66)63(70)61(58)64)69(57)45-25-11-6-12-26-45/h4-39H,1-3H3. The van der Waals surface area contributed by atoms with Gasteiger partial charge in [-0.15, -0.1) is 0 Å². The highest BCUT2D eigenvalue weighted by Gasteiger charge is 2.52. The molecule has 5 heterocycles. The fraction of sp³-hybridized carbons (Fsp3) is 0.0476. The maximum atomic E-state index is 2.64. The first-order chi connectivity index (χ1) is 34.5. The molecule has 10 aromatic rings. The van der Waals surface area contributed by atoms with Gasteiger partial charge in [0.25, 0.3) is 13.4 Å². The van der Waals surface area contributed by atoms with Gasteiger partial charge in [-0.25, -0.2) is 0 Å². The number of fused-ring (bicyclic) bond motifs is 12. The number of aryl methyl sites for hydroxylation is 3. The molecule has 10 aromatic carbocycles. The zero-order chi connectivity index (χ0) is 46.4. The van der Waals surface area contributed by atoms with E-state index in [0.717, 1.165) is 17.1 Å². The lowest BCUT2D eigenvalue weighted by molar-refractivity contribution is 1.22. The van der Waals surface area contributed by atoms with Gasteiger partial charge < -0.3 is 19.6 Å². The van der Waals surface area contributed by atoms with Crippen molar-refractivity contribution in [2.24, 2.45) is 0 Å². The van der Waals surface area contributed by atoms with Crippen LogP contribution in [0.1, 0.15) is 16.7 Å². The lowest BCUT2D eigenvalue weighted by atomic mass is 9.28. The van der Waals surface area contributed by atoms with E-state index in [2.05, 4.69) is 259 Å². The van der Waals surface area contributed by atoms with E-state index in [0.29, 0.717) is 0 Å². The van der Waals surface area contributed by atoms with Crippen LogP contribution in [0.4, 0.5) is 68.2 Å². The third-order valence-electron chi connectivity index (χ3n) is 15.9. The van der Waals surface area contributed by atoms with E-state index in [1.165, 1.54) is 117 Å². The van der Waals surface area contributed by atoms with Crippen LogP contribution in [0.2, 0.25) is 0 Å². The first-order valence-corrected chi connectivity index (χ1v) is 24.7. The molecular formula is C63H45B3N4. The summed E-state index contributed by atoms with van der Waals surface area (Å²) in [5, 5.41) is 0. The number of hydrogen-bond donors (Lipinski definition) is 0. The molecule has 70 heavy (non-hydrogen) atoms. The minimum Gasteiger partial charge on any atom is -0.312 e. The maximum absolute atomic E-state index is 2.64. The molecule has 0 spiro atoms. The van der Waals surface area contributed by atoms with E-state index in [4.69, 9.17) is 0 Å². The van der Waals surface area contributed by atoms with Crippen molar-refractivity contribution in [3.63, 3.8) is 0 Å². The number of rotatable bonds is 4. The summed E-state index contributed by atoms with van der Waals surface area (Å²) in [6.07, 6.45) is 0. The van der Waals surface area contributed by atoms with Crippen LogP contribution < -0.4 is 68.8 Å². The zero-order valence-corrected chi connectivity index (χ0v) is 39.3. The monoisotopic (exact) mass is 890 g/mol. The fourth-order valence-corrected chi connectivity index (χ4v) is 13.5. The zero-order valence-electron chi connectivity index (χ0n) is 39.3. The maximum Gasteiger partial charge on any atom is 0.252 e. The Balaban J connectivity index is 1.11. The highest BCUT2D eigenvalue weighted by Crippen LogP contribution is 2.50. The number of para-hydroxylation sites is 7. The van der Waals surface area contributed by atoms with Gasteiger partial charge in [0.05, 0.1) is 0 Å². The van der Waals surface area contributed by atoms with E-state index in [1.807, 2.05) is 0 Å². The number of anilines is 12. The molecule has 0 aliphatic carbocycles. The van der Waals surface area contributed by atoms with Crippen LogP contribution >= 0.6 is 0 Å². The van der Waals surface area contributed by atoms with Crippen LogP contribution in [-0.2, 0) is 0 Å². The molecule has 0 aromatic heterocycles. The number of nitrogens with zero attached hydrogens (tertiary/aromatic N) is 4. The van der Waals surface area contributed by atoms with Gasteiger partial charge in [0.15, 0.2) is 0 Å². The van der Waals surface area contributed by atoms with E-state index in [1.54, 1.807) is 0 Å². The SMILES string of the molecule is Cc1cc(C)c(B2c3ccccc3N(c3ccccc3)c3cc4c(cc32)B2c3ccccc3N3c5ccccc5B5c6ccccc6N(c6ccccc6)c6cc(c2c3c65)N4c2ccccc2)c(C)c1. The Morgan fingerprint density at radius 2 is 0.571 bits per heavy atom. The molecular weight excluding hydrogens is 845 g/mol. The molecule has 0 saturated carbocycles. The highest BCUT2D eigenvalue weighted by atomic mass is 15.2. The van der Waals surface area contributed by atoms with Gasteiger partial charge in [-0.1, -0.05) is 168 Å². The summed E-state index contributed by atoms with van der Waals surface area (Å²) < 4.78 is 0. The van der Waals surface area contributed by atoms with E-state index < -0.39 is 0 Å². The van der Waals surface area contributed by atoms with Gasteiger partial charge in [0, 0.05) is 68.2 Å². The predicted octanol–water partition coefficient (Wildman–Crippen LogP) is 9.61. The quantitative estimate of drug-likeness (QED) is 0.163. The third kappa shape index (κ3) is 5.35. The Hall–Kier alpha value is -8.41. The van der Waals surface area contributed by atoms with Crippen LogP contribution in [-0.4, -0.2) is 20.1 Å². The molecule has 326 valence electrons. The van der Waals surface area contributed by atoms with Crippen molar-refractivity contribution in [1.29, 1.82) is 0 Å². The molecule has 0 amide bonds. The summed E-state index contributed by atoms with van der Waals surface area (Å²) >= 11 is 0. The van der Waals surface area contributed by atoms with Crippen LogP contribution in [0.3, 0.4) is 0 Å². The summed E-state index contributed by atoms with van der Waals surface area (Å²) in [5.41, 5.74) is 30.5. The van der Waals surface area contributed by atoms with E-state index >= 15 is 0 Å². The first-order valence-electron chi connectivity index (χ1n) is 24.7. The molecule has 15 rings (SSSR count). The summed E-state index contributed by atoms with van der Waals surface area (Å²) in [6, 6.07) is 82.3. The predicted molar refractivity (Wildman–Crippen MR) is 300 cm³/mol. The molecule has 5 aliphatic rings. The minimum atomic E-state index is -0.0560. The average Bonchev–Trinajstić information content (AvgIpc) is 3.40. The molecule has 5 aliphatic heterocycles. The van der Waals surface area contributed by atoms with Gasteiger partial charge in [0.2, 0.25) is 6.71 Å². The Morgan fingerprint density at radius 3 is 1.00 bits per heavy atom. The Labute approximate surface area is 411 Å². The average molecular weight is 891 g/mol. The van der Waals surface area contributed by atoms with Crippen molar-refractivity contribution in [2.75, 3.05) is 19.6 Å².